The van der Waals surface area contributed by atoms with E-state index in [1.54, 1.807) is 7.11 Å². The summed E-state index contributed by atoms with van der Waals surface area (Å²) >= 11 is 0. The number of anilines is 1. The third-order valence-corrected chi connectivity index (χ3v) is 2.66. The molecular formula is C14H22N2O2. The summed E-state index contributed by atoms with van der Waals surface area (Å²) in [6, 6.07) is 7.42. The Labute approximate surface area is 109 Å². The van der Waals surface area contributed by atoms with Gasteiger partial charge in [0.25, 0.3) is 0 Å². The first kappa shape index (κ1) is 14.5. The van der Waals surface area contributed by atoms with Crippen molar-refractivity contribution in [2.24, 2.45) is 0 Å². The van der Waals surface area contributed by atoms with E-state index in [1.165, 1.54) is 0 Å². The lowest BCUT2D eigenvalue weighted by atomic mass is 10.1. The van der Waals surface area contributed by atoms with Crippen LogP contribution < -0.4 is 11.1 Å². The molecule has 100 valence electrons. The quantitative estimate of drug-likeness (QED) is 0.545. The molecule has 0 saturated carbocycles. The van der Waals surface area contributed by atoms with Crippen LogP contribution in [0.4, 0.5) is 5.69 Å². The number of hydrogen-bond acceptors (Lipinski definition) is 3. The van der Waals surface area contributed by atoms with Gasteiger partial charge in [0, 0.05) is 25.9 Å². The van der Waals surface area contributed by atoms with Crippen LogP contribution in [-0.4, -0.2) is 26.2 Å². The summed E-state index contributed by atoms with van der Waals surface area (Å²) in [5.41, 5.74) is 7.30. The second-order valence-electron chi connectivity index (χ2n) is 4.33. The molecule has 0 fully saturated rings. The average Bonchev–Trinajstić information content (AvgIpc) is 2.33. The molecule has 4 heteroatoms. The van der Waals surface area contributed by atoms with Crippen molar-refractivity contribution in [2.45, 2.75) is 25.7 Å². The van der Waals surface area contributed by atoms with Gasteiger partial charge in [-0.25, -0.2) is 0 Å². The predicted molar refractivity (Wildman–Crippen MR) is 73.3 cm³/mol. The molecule has 0 aromatic heterocycles. The number of amides is 1. The van der Waals surface area contributed by atoms with E-state index in [9.17, 15) is 4.79 Å². The smallest absolute Gasteiger partial charge is 0.224 e. The van der Waals surface area contributed by atoms with Gasteiger partial charge < -0.3 is 15.8 Å². The molecule has 0 heterocycles. The molecule has 1 amide bonds. The van der Waals surface area contributed by atoms with E-state index in [4.69, 9.17) is 10.5 Å². The highest BCUT2D eigenvalue weighted by Crippen LogP contribution is 2.06. The van der Waals surface area contributed by atoms with Crippen LogP contribution in [0.3, 0.4) is 0 Å². The molecule has 0 aliphatic rings. The van der Waals surface area contributed by atoms with Crippen LogP contribution in [0.15, 0.2) is 24.3 Å². The maximum absolute atomic E-state index is 11.6. The van der Waals surface area contributed by atoms with Crippen LogP contribution in [0.1, 0.15) is 24.8 Å². The van der Waals surface area contributed by atoms with Crippen molar-refractivity contribution in [3.63, 3.8) is 0 Å². The monoisotopic (exact) mass is 250 g/mol. The molecule has 0 bridgehead atoms. The zero-order valence-corrected chi connectivity index (χ0v) is 10.9. The minimum absolute atomic E-state index is 0.0485. The van der Waals surface area contributed by atoms with Crippen molar-refractivity contribution in [1.29, 1.82) is 0 Å². The number of rotatable bonds is 8. The van der Waals surface area contributed by atoms with Gasteiger partial charge in [-0.3, -0.25) is 4.79 Å². The first-order valence-electron chi connectivity index (χ1n) is 6.32. The number of unbranched alkanes of at least 4 members (excludes halogenated alkanes) is 2. The topological polar surface area (TPSA) is 64.3 Å². The van der Waals surface area contributed by atoms with E-state index in [1.807, 2.05) is 24.3 Å². The summed E-state index contributed by atoms with van der Waals surface area (Å²) in [7, 11) is 1.70. The normalized spacial score (nSPS) is 10.3. The molecule has 0 atom stereocenters. The lowest BCUT2D eigenvalue weighted by molar-refractivity contribution is -0.120. The first-order chi connectivity index (χ1) is 8.72. The van der Waals surface area contributed by atoms with Gasteiger partial charge in [-0.15, -0.1) is 0 Å². The third kappa shape index (κ3) is 6.25. The van der Waals surface area contributed by atoms with Crippen LogP contribution in [0.25, 0.3) is 0 Å². The molecule has 1 rings (SSSR count). The lowest BCUT2D eigenvalue weighted by Gasteiger charge is -2.05. The van der Waals surface area contributed by atoms with Crippen molar-refractivity contribution < 1.29 is 9.53 Å². The highest BCUT2D eigenvalue weighted by Gasteiger charge is 2.02. The fourth-order valence-corrected chi connectivity index (χ4v) is 1.73. The van der Waals surface area contributed by atoms with Crippen LogP contribution in [0.2, 0.25) is 0 Å². The number of nitrogens with two attached hydrogens (primary N) is 1. The molecule has 18 heavy (non-hydrogen) atoms. The Kier molecular flexibility index (Phi) is 6.87. The maximum atomic E-state index is 11.6. The Bertz CT molecular complexity index is 367. The van der Waals surface area contributed by atoms with E-state index in [-0.39, 0.29) is 5.91 Å². The largest absolute Gasteiger partial charge is 0.399 e. The number of ether oxygens (including phenoxy) is 1. The molecule has 0 radical (unpaired) electrons. The molecular weight excluding hydrogens is 228 g/mol. The van der Waals surface area contributed by atoms with Gasteiger partial charge in [-0.2, -0.15) is 0 Å². The Morgan fingerprint density at radius 2 is 2.17 bits per heavy atom. The Morgan fingerprint density at radius 1 is 1.33 bits per heavy atom. The maximum Gasteiger partial charge on any atom is 0.224 e. The number of benzene rings is 1. The molecule has 4 nitrogen and oxygen atoms in total. The first-order valence-corrected chi connectivity index (χ1v) is 6.32. The van der Waals surface area contributed by atoms with Crippen molar-refractivity contribution in [3.05, 3.63) is 29.8 Å². The number of hydrogen-bond donors (Lipinski definition) is 2. The van der Waals surface area contributed by atoms with Crippen LogP contribution in [0, 0.1) is 0 Å². The fraction of sp³-hybridized carbons (Fsp3) is 0.500. The van der Waals surface area contributed by atoms with Gasteiger partial charge in [0.1, 0.15) is 0 Å². The van der Waals surface area contributed by atoms with Gasteiger partial charge in [-0.05, 0) is 37.0 Å². The van der Waals surface area contributed by atoms with Crippen LogP contribution in [-0.2, 0) is 16.0 Å². The number of methoxy groups -OCH3 is 1. The number of carbonyl (C=O) groups is 1. The molecule has 1 aromatic rings. The molecule has 1 aromatic carbocycles. The summed E-state index contributed by atoms with van der Waals surface area (Å²) in [5, 5.41) is 2.91. The van der Waals surface area contributed by atoms with Crippen molar-refractivity contribution in [2.75, 3.05) is 26.0 Å². The van der Waals surface area contributed by atoms with Crippen molar-refractivity contribution >= 4 is 11.6 Å². The molecule has 0 aliphatic carbocycles. The van der Waals surface area contributed by atoms with Crippen LogP contribution in [0.5, 0.6) is 0 Å². The summed E-state index contributed by atoms with van der Waals surface area (Å²) in [4.78, 5) is 11.6. The molecule has 0 unspecified atom stereocenters. The summed E-state index contributed by atoms with van der Waals surface area (Å²) in [6.07, 6.45) is 3.50. The molecule has 0 saturated heterocycles. The predicted octanol–water partition coefficient (Wildman–Crippen LogP) is 1.74. The summed E-state index contributed by atoms with van der Waals surface area (Å²) < 4.78 is 4.96. The second-order valence-corrected chi connectivity index (χ2v) is 4.33. The van der Waals surface area contributed by atoms with E-state index in [2.05, 4.69) is 5.32 Å². The van der Waals surface area contributed by atoms with E-state index >= 15 is 0 Å². The summed E-state index contributed by atoms with van der Waals surface area (Å²) in [6.45, 7) is 1.52. The molecule has 3 N–H and O–H groups in total. The third-order valence-electron chi connectivity index (χ3n) is 2.66. The highest BCUT2D eigenvalue weighted by molar-refractivity contribution is 5.78. The zero-order chi connectivity index (χ0) is 13.2. The number of nitrogens with one attached hydrogen (secondary N) is 1. The minimum atomic E-state index is 0.0485. The van der Waals surface area contributed by atoms with Gasteiger partial charge in [0.2, 0.25) is 5.91 Å². The zero-order valence-electron chi connectivity index (χ0n) is 10.9. The lowest BCUT2D eigenvalue weighted by Crippen LogP contribution is -2.26. The number of nitrogen functional groups attached to an aromatic ring is 1. The second kappa shape index (κ2) is 8.53. The molecule has 0 spiro atoms. The summed E-state index contributed by atoms with van der Waals surface area (Å²) in [5.74, 6) is 0.0485. The van der Waals surface area contributed by atoms with Gasteiger partial charge in [0.05, 0.1) is 6.42 Å². The minimum Gasteiger partial charge on any atom is -0.399 e. The highest BCUT2D eigenvalue weighted by atomic mass is 16.5. The number of carbonyl (C=O) groups excluding carboxylic acids is 1. The van der Waals surface area contributed by atoms with Gasteiger partial charge >= 0.3 is 0 Å². The van der Waals surface area contributed by atoms with Gasteiger partial charge in [-0.1, -0.05) is 12.1 Å². The van der Waals surface area contributed by atoms with Gasteiger partial charge in [0.15, 0.2) is 0 Å². The molecule has 0 aliphatic heterocycles. The SMILES string of the molecule is COCCCCCNC(=O)Cc1cccc(N)c1. The van der Waals surface area contributed by atoms with Crippen molar-refractivity contribution in [3.8, 4) is 0 Å². The van der Waals surface area contributed by atoms with Crippen LogP contribution >= 0.6 is 0 Å². The average molecular weight is 250 g/mol. The van der Waals surface area contributed by atoms with E-state index in [0.29, 0.717) is 12.1 Å². The van der Waals surface area contributed by atoms with Crippen molar-refractivity contribution in [1.82, 2.24) is 5.32 Å². The standard InChI is InChI=1S/C14H22N2O2/c1-18-9-4-2-3-8-16-14(17)11-12-6-5-7-13(15)10-12/h5-7,10H,2-4,8-9,11,15H2,1H3,(H,16,17). The Morgan fingerprint density at radius 3 is 2.89 bits per heavy atom. The Balaban J connectivity index is 2.14. The van der Waals surface area contributed by atoms with E-state index < -0.39 is 0 Å². The van der Waals surface area contributed by atoms with E-state index in [0.717, 1.165) is 38.0 Å². The fourth-order valence-electron chi connectivity index (χ4n) is 1.73. The Hall–Kier alpha value is -1.55.